The molecular weight excluding hydrogens is 687 g/mol. The van der Waals surface area contributed by atoms with Crippen LogP contribution in [-0.2, 0) is 33.5 Å². The zero-order valence-corrected chi connectivity index (χ0v) is 26.3. The van der Waals surface area contributed by atoms with Gasteiger partial charge in [-0.05, 0) is 78.6 Å². The molecule has 2 heterocycles. The molecular formula is C32H24F7N3O6S. The normalized spacial score (nSPS) is 16.9. The molecule has 0 saturated carbocycles. The predicted octanol–water partition coefficient (Wildman–Crippen LogP) is 7.48. The van der Waals surface area contributed by atoms with Gasteiger partial charge in [0.05, 0.1) is 35.0 Å². The number of amides is 1. The zero-order valence-electron chi connectivity index (χ0n) is 25.5. The van der Waals surface area contributed by atoms with Gasteiger partial charge in [-0.15, -0.1) is 0 Å². The number of carboxylic acids is 1. The molecule has 1 N–H and O–H groups in total. The minimum Gasteiger partial charge on any atom is -0.478 e. The number of hydrogen-bond donors (Lipinski definition) is 1. The highest BCUT2D eigenvalue weighted by atomic mass is 32.2. The van der Waals surface area contributed by atoms with Gasteiger partial charge in [0.25, 0.3) is 0 Å². The molecule has 0 spiro atoms. The molecule has 0 unspecified atom stereocenters. The maximum absolute atomic E-state index is 15.1. The van der Waals surface area contributed by atoms with E-state index in [-0.39, 0.29) is 34.0 Å². The Hall–Kier alpha value is -5.06. The molecule has 49 heavy (non-hydrogen) atoms. The summed E-state index contributed by atoms with van der Waals surface area (Å²) >= 11 is 0. The highest BCUT2D eigenvalue weighted by Gasteiger charge is 2.43. The topological polar surface area (TPSA) is 127 Å². The number of carboxylic acid groups (broad SMARTS) is 1. The third-order valence-electron chi connectivity index (χ3n) is 7.87. The average molecular weight is 712 g/mol. The number of ether oxygens (including phenoxy) is 1. The molecule has 258 valence electrons. The number of halogens is 7. The maximum Gasteiger partial charge on any atom is 0.416 e. The molecule has 0 bridgehead atoms. The lowest BCUT2D eigenvalue weighted by Crippen LogP contribution is -2.32. The molecule has 9 nitrogen and oxygen atoms in total. The fourth-order valence-corrected chi connectivity index (χ4v) is 5.92. The minimum absolute atomic E-state index is 0.0316. The van der Waals surface area contributed by atoms with Gasteiger partial charge in [-0.1, -0.05) is 12.1 Å². The first-order valence-electron chi connectivity index (χ1n) is 14.1. The number of aromatic nitrogens is 2. The number of rotatable bonds is 7. The first kappa shape index (κ1) is 35.3. The molecule has 4 aromatic rings. The minimum atomic E-state index is -5.15. The molecule has 1 amide bonds. The van der Waals surface area contributed by atoms with Crippen LogP contribution >= 0.6 is 0 Å². The largest absolute Gasteiger partial charge is 0.478 e. The van der Waals surface area contributed by atoms with Crippen LogP contribution in [0.4, 0.5) is 35.5 Å². The van der Waals surface area contributed by atoms with Gasteiger partial charge in [0, 0.05) is 23.6 Å². The number of carbonyl (C=O) groups is 2. The van der Waals surface area contributed by atoms with E-state index in [1.165, 1.54) is 37.3 Å². The fourth-order valence-electron chi connectivity index (χ4n) is 5.40. The van der Waals surface area contributed by atoms with Gasteiger partial charge in [0.1, 0.15) is 11.9 Å². The number of nitrogens with zero attached hydrogens (tertiary/aromatic N) is 3. The van der Waals surface area contributed by atoms with Crippen molar-refractivity contribution in [1.82, 2.24) is 14.9 Å². The van der Waals surface area contributed by atoms with Crippen LogP contribution in [0.5, 0.6) is 0 Å². The zero-order chi connectivity index (χ0) is 36.2. The number of carbonyl (C=O) groups excluding carboxylic acids is 1. The second kappa shape index (κ2) is 12.4. The van der Waals surface area contributed by atoms with Gasteiger partial charge >= 0.3 is 24.4 Å². The van der Waals surface area contributed by atoms with Gasteiger partial charge in [-0.3, -0.25) is 4.90 Å². The Morgan fingerprint density at radius 2 is 1.57 bits per heavy atom. The number of sulfone groups is 1. The molecule has 17 heteroatoms. The Morgan fingerprint density at radius 1 is 0.939 bits per heavy atom. The van der Waals surface area contributed by atoms with Crippen molar-refractivity contribution in [2.24, 2.45) is 0 Å². The predicted molar refractivity (Wildman–Crippen MR) is 158 cm³/mol. The van der Waals surface area contributed by atoms with E-state index in [9.17, 15) is 49.5 Å². The second-order valence-electron chi connectivity index (χ2n) is 11.3. The quantitative estimate of drug-likeness (QED) is 0.155. The van der Waals surface area contributed by atoms with E-state index >= 15 is 4.39 Å². The Kier molecular flexibility index (Phi) is 8.95. The summed E-state index contributed by atoms with van der Waals surface area (Å²) in [5.74, 6) is -1.88. The van der Waals surface area contributed by atoms with Crippen LogP contribution in [0.25, 0.3) is 22.3 Å². The van der Waals surface area contributed by atoms with Crippen molar-refractivity contribution in [1.29, 1.82) is 0 Å². The number of cyclic esters (lactones) is 1. The van der Waals surface area contributed by atoms with Crippen LogP contribution < -0.4 is 0 Å². The number of aromatic carboxylic acids is 1. The summed E-state index contributed by atoms with van der Waals surface area (Å²) in [6.45, 7) is 2.35. The van der Waals surface area contributed by atoms with Gasteiger partial charge in [-0.2, -0.15) is 26.3 Å². The Morgan fingerprint density at radius 3 is 2.12 bits per heavy atom. The molecule has 5 rings (SSSR count). The summed E-state index contributed by atoms with van der Waals surface area (Å²) in [5.41, 5.74) is -2.80. The van der Waals surface area contributed by atoms with Crippen LogP contribution in [-0.4, -0.2) is 52.8 Å². The van der Waals surface area contributed by atoms with Crippen molar-refractivity contribution in [3.8, 4) is 22.3 Å². The molecule has 1 saturated heterocycles. The van der Waals surface area contributed by atoms with Crippen LogP contribution in [0.1, 0.15) is 51.3 Å². The summed E-state index contributed by atoms with van der Waals surface area (Å²) in [6, 6.07) is 7.50. The van der Waals surface area contributed by atoms with E-state index in [2.05, 4.69) is 9.97 Å². The monoisotopic (exact) mass is 711 g/mol. The van der Waals surface area contributed by atoms with Crippen LogP contribution in [0.3, 0.4) is 0 Å². The second-order valence-corrected chi connectivity index (χ2v) is 13.2. The first-order chi connectivity index (χ1) is 22.6. The lowest BCUT2D eigenvalue weighted by atomic mass is 9.94. The molecule has 1 aliphatic rings. The van der Waals surface area contributed by atoms with E-state index in [1.54, 1.807) is 6.92 Å². The Bertz CT molecular complexity index is 2070. The summed E-state index contributed by atoms with van der Waals surface area (Å²) in [7, 11) is -4.03. The van der Waals surface area contributed by atoms with Crippen molar-refractivity contribution in [2.75, 3.05) is 6.26 Å². The first-order valence-corrected chi connectivity index (χ1v) is 16.0. The molecule has 1 aliphatic heterocycles. The van der Waals surface area contributed by atoms with Crippen molar-refractivity contribution in [3.63, 3.8) is 0 Å². The van der Waals surface area contributed by atoms with E-state index in [1.807, 2.05) is 0 Å². The van der Waals surface area contributed by atoms with Crippen molar-refractivity contribution >= 4 is 21.9 Å². The Balaban J connectivity index is 1.57. The van der Waals surface area contributed by atoms with Crippen molar-refractivity contribution in [2.45, 2.75) is 50.0 Å². The van der Waals surface area contributed by atoms with Gasteiger partial charge < -0.3 is 9.84 Å². The third-order valence-corrected chi connectivity index (χ3v) is 8.73. The number of alkyl halides is 6. The Labute approximate surface area is 273 Å². The molecule has 0 radical (unpaired) electrons. The molecule has 3 aromatic carbocycles. The molecule has 0 aliphatic carbocycles. The third kappa shape index (κ3) is 7.21. The van der Waals surface area contributed by atoms with Gasteiger partial charge in [0.2, 0.25) is 15.0 Å². The van der Waals surface area contributed by atoms with Crippen LogP contribution in [0, 0.1) is 12.7 Å². The van der Waals surface area contributed by atoms with E-state index in [4.69, 9.17) is 4.74 Å². The average Bonchev–Trinajstić information content (AvgIpc) is 3.28. The number of benzene rings is 3. The van der Waals surface area contributed by atoms with E-state index in [0.717, 1.165) is 23.4 Å². The fraction of sp³-hybridized carbons (Fsp3) is 0.250. The SMILES string of the molecule is Cc1cc(C(=O)O)ccc1-c1cc(-c2cnc(S(C)(=O)=O)nc2CN2C(=O)O[C@H](c3cc(C(F)(F)F)cc(C(F)(F)F)c3)[C@@H]2C)ccc1F. The molecule has 1 aromatic heterocycles. The smallest absolute Gasteiger partial charge is 0.416 e. The van der Waals surface area contributed by atoms with Crippen molar-refractivity contribution < 1.29 is 58.6 Å². The van der Waals surface area contributed by atoms with Gasteiger partial charge in [-0.25, -0.2) is 32.4 Å². The number of hydrogen-bond acceptors (Lipinski definition) is 7. The standard InChI is InChI=1S/C32H24F7N3O6S/c1-15-8-18(28(43)44)4-6-22(15)23-11-17(5-7-25(23)33)24-13-40-29(49(3,46)47)41-26(24)14-42-16(2)27(48-30(42)45)19-9-20(31(34,35)36)12-21(10-19)32(37,38)39/h4-13,16,27H,14H2,1-3H3,(H,43,44)/t16-,27-/m0/s1. The van der Waals surface area contributed by atoms with Crippen LogP contribution in [0.15, 0.2) is 66.0 Å². The van der Waals surface area contributed by atoms with E-state index < -0.39 is 80.6 Å². The summed E-state index contributed by atoms with van der Waals surface area (Å²) in [4.78, 5) is 33.4. The number of aryl methyl sites for hydroxylation is 1. The summed E-state index contributed by atoms with van der Waals surface area (Å²) < 4.78 is 126. The van der Waals surface area contributed by atoms with E-state index in [0.29, 0.717) is 23.3 Å². The molecule has 1 fully saturated rings. The van der Waals surface area contributed by atoms with Gasteiger partial charge in [0.15, 0.2) is 0 Å². The lowest BCUT2D eigenvalue weighted by molar-refractivity contribution is -0.143. The molecule has 2 atom stereocenters. The van der Waals surface area contributed by atoms with Crippen LogP contribution in [0.2, 0.25) is 0 Å². The highest BCUT2D eigenvalue weighted by Crippen LogP contribution is 2.41. The maximum atomic E-state index is 15.1. The highest BCUT2D eigenvalue weighted by molar-refractivity contribution is 7.90. The van der Waals surface area contributed by atoms with Crippen molar-refractivity contribution in [3.05, 3.63) is 100 Å². The summed E-state index contributed by atoms with van der Waals surface area (Å²) in [6.07, 6.45) is -11.1. The summed E-state index contributed by atoms with van der Waals surface area (Å²) in [5, 5.41) is 8.64. The lowest BCUT2D eigenvalue weighted by Gasteiger charge is -2.23.